The average Bonchev–Trinajstić information content (AvgIpc) is 3.37. The normalized spacial score (nSPS) is 18.9. The number of amides is 1. The number of benzene rings is 1. The minimum absolute atomic E-state index is 0.0102. The predicted molar refractivity (Wildman–Crippen MR) is 115 cm³/mol. The van der Waals surface area contributed by atoms with Gasteiger partial charge in [-0.05, 0) is 48.9 Å². The number of carbonyl (C=O) groups excluding carboxylic acids is 1. The Morgan fingerprint density at radius 1 is 1.17 bits per heavy atom. The molecule has 1 aromatic carbocycles. The molecular formula is C22H27N3O4S. The number of para-hydroxylation sites is 1. The first-order chi connectivity index (χ1) is 14.5. The Hall–Kier alpha value is -2.61. The summed E-state index contributed by atoms with van der Waals surface area (Å²) in [5.41, 5.74) is 0.302. The van der Waals surface area contributed by atoms with Gasteiger partial charge in [-0.25, -0.2) is 0 Å². The van der Waals surface area contributed by atoms with E-state index in [1.165, 1.54) is 0 Å². The fourth-order valence-electron chi connectivity index (χ4n) is 4.49. The Kier molecular flexibility index (Phi) is 5.94. The molecule has 2 aliphatic rings. The van der Waals surface area contributed by atoms with Crippen LogP contribution in [0.3, 0.4) is 0 Å². The molecule has 1 aromatic heterocycles. The third-order valence-corrected chi connectivity index (χ3v) is 7.29. The van der Waals surface area contributed by atoms with Crippen LogP contribution in [0, 0.1) is 5.41 Å². The molecule has 4 rings (SSSR count). The first-order valence-corrected chi connectivity index (χ1v) is 11.9. The third-order valence-electron chi connectivity index (χ3n) is 5.92. The van der Waals surface area contributed by atoms with Gasteiger partial charge in [-0.3, -0.25) is 4.79 Å². The van der Waals surface area contributed by atoms with Gasteiger partial charge in [-0.2, -0.15) is 8.42 Å². The quantitative estimate of drug-likeness (QED) is 0.620. The minimum atomic E-state index is -3.71. The molecule has 7 nitrogen and oxygen atoms in total. The zero-order chi connectivity index (χ0) is 21.0. The first kappa shape index (κ1) is 20.7. The summed E-state index contributed by atoms with van der Waals surface area (Å²) in [6.07, 6.45) is 7.98. The molecule has 0 atom stereocenters. The van der Waals surface area contributed by atoms with Crippen molar-refractivity contribution in [2.24, 2.45) is 9.81 Å². The Balaban J connectivity index is 1.37. The fourth-order valence-corrected chi connectivity index (χ4v) is 5.63. The van der Waals surface area contributed by atoms with Gasteiger partial charge in [0.25, 0.3) is 10.0 Å². The van der Waals surface area contributed by atoms with Crippen LogP contribution in [0.2, 0.25) is 0 Å². The highest BCUT2D eigenvalue weighted by atomic mass is 32.2. The van der Waals surface area contributed by atoms with Crippen LogP contribution < -0.4 is 10.6 Å². The lowest BCUT2D eigenvalue weighted by Gasteiger charge is -2.30. The van der Waals surface area contributed by atoms with E-state index in [0.717, 1.165) is 44.3 Å². The monoisotopic (exact) mass is 429 g/mol. The molecule has 1 fully saturated rings. The van der Waals surface area contributed by atoms with Crippen molar-refractivity contribution >= 4 is 27.5 Å². The number of amidine groups is 1. The van der Waals surface area contributed by atoms with E-state index < -0.39 is 10.0 Å². The summed E-state index contributed by atoms with van der Waals surface area (Å²) in [5, 5.41) is 6.18. The zero-order valence-corrected chi connectivity index (χ0v) is 17.7. The van der Waals surface area contributed by atoms with E-state index in [-0.39, 0.29) is 16.2 Å². The number of hydrogen-bond donors (Lipinski definition) is 2. The Morgan fingerprint density at radius 2 is 1.97 bits per heavy atom. The van der Waals surface area contributed by atoms with Gasteiger partial charge in [-0.1, -0.05) is 25.0 Å². The van der Waals surface area contributed by atoms with Gasteiger partial charge < -0.3 is 15.1 Å². The summed E-state index contributed by atoms with van der Waals surface area (Å²) >= 11 is 0. The number of anilines is 1. The third kappa shape index (κ3) is 4.75. The van der Waals surface area contributed by atoms with Crippen molar-refractivity contribution in [3.05, 3.63) is 48.4 Å². The molecule has 30 heavy (non-hydrogen) atoms. The average molecular weight is 430 g/mol. The SMILES string of the molecule is O=C(CC1(CC2=NS(=O)(=O)c3ccccc3N2)CCCC1)NCCCc1ccco1. The number of carbonyl (C=O) groups is 1. The standard InChI is InChI=1S/C22H27N3O4S/c26-21(23-13-5-7-17-8-6-14-29-17)16-22(11-3-4-12-22)15-20-24-18-9-1-2-10-19(18)30(27,28)25-20/h1-2,6,8-10,14H,3-5,7,11-13,15-16H2,(H,23,26)(H,24,25). The summed E-state index contributed by atoms with van der Waals surface area (Å²) in [4.78, 5) is 12.8. The van der Waals surface area contributed by atoms with Crippen LogP contribution in [0.15, 0.2) is 56.4 Å². The second-order valence-electron chi connectivity index (χ2n) is 8.23. The van der Waals surface area contributed by atoms with Gasteiger partial charge in [0, 0.05) is 25.8 Å². The van der Waals surface area contributed by atoms with E-state index in [2.05, 4.69) is 15.0 Å². The number of nitrogens with one attached hydrogen (secondary N) is 2. The van der Waals surface area contributed by atoms with E-state index >= 15 is 0 Å². The van der Waals surface area contributed by atoms with Crippen molar-refractivity contribution in [2.75, 3.05) is 11.9 Å². The van der Waals surface area contributed by atoms with E-state index in [9.17, 15) is 13.2 Å². The van der Waals surface area contributed by atoms with Crippen molar-refractivity contribution in [1.82, 2.24) is 5.32 Å². The predicted octanol–water partition coefficient (Wildman–Crippen LogP) is 3.88. The smallest absolute Gasteiger partial charge is 0.286 e. The molecule has 0 saturated heterocycles. The summed E-state index contributed by atoms with van der Waals surface area (Å²) in [6, 6.07) is 10.6. The first-order valence-electron chi connectivity index (χ1n) is 10.4. The second kappa shape index (κ2) is 8.63. The van der Waals surface area contributed by atoms with Crippen molar-refractivity contribution in [2.45, 2.75) is 56.3 Å². The van der Waals surface area contributed by atoms with Crippen molar-refractivity contribution in [3.8, 4) is 0 Å². The highest BCUT2D eigenvalue weighted by molar-refractivity contribution is 7.90. The molecule has 2 heterocycles. The molecule has 1 aliphatic carbocycles. The zero-order valence-electron chi connectivity index (χ0n) is 16.9. The highest BCUT2D eigenvalue weighted by Crippen LogP contribution is 2.45. The van der Waals surface area contributed by atoms with Crippen molar-refractivity contribution in [3.63, 3.8) is 0 Å². The maximum atomic E-state index is 12.6. The lowest BCUT2D eigenvalue weighted by atomic mass is 9.78. The molecule has 8 heteroatoms. The number of aryl methyl sites for hydroxylation is 1. The molecule has 2 aromatic rings. The van der Waals surface area contributed by atoms with E-state index in [4.69, 9.17) is 4.42 Å². The van der Waals surface area contributed by atoms with Crippen molar-refractivity contribution < 1.29 is 17.6 Å². The number of rotatable bonds is 8. The van der Waals surface area contributed by atoms with Crippen LogP contribution in [0.25, 0.3) is 0 Å². The highest BCUT2D eigenvalue weighted by Gasteiger charge is 2.38. The number of hydrogen-bond acceptors (Lipinski definition) is 5. The summed E-state index contributed by atoms with van der Waals surface area (Å²) < 4.78 is 34.4. The molecular weight excluding hydrogens is 402 g/mol. The topological polar surface area (TPSA) is 101 Å². The second-order valence-corrected chi connectivity index (χ2v) is 9.80. The molecule has 0 radical (unpaired) electrons. The maximum absolute atomic E-state index is 12.6. The summed E-state index contributed by atoms with van der Waals surface area (Å²) in [7, 11) is -3.71. The summed E-state index contributed by atoms with van der Waals surface area (Å²) in [6.45, 7) is 0.594. The van der Waals surface area contributed by atoms with Crippen LogP contribution in [0.4, 0.5) is 5.69 Å². The van der Waals surface area contributed by atoms with Crippen LogP contribution in [0.1, 0.15) is 50.7 Å². The number of sulfonamides is 1. The molecule has 1 amide bonds. The fraction of sp³-hybridized carbons (Fsp3) is 0.455. The number of nitrogens with zero attached hydrogens (tertiary/aromatic N) is 1. The molecule has 160 valence electrons. The van der Waals surface area contributed by atoms with Gasteiger partial charge in [-0.15, -0.1) is 4.40 Å². The van der Waals surface area contributed by atoms with E-state index in [1.807, 2.05) is 12.1 Å². The van der Waals surface area contributed by atoms with Gasteiger partial charge in [0.15, 0.2) is 0 Å². The van der Waals surface area contributed by atoms with Gasteiger partial charge in [0.2, 0.25) is 5.91 Å². The lowest BCUT2D eigenvalue weighted by molar-refractivity contribution is -0.123. The lowest BCUT2D eigenvalue weighted by Crippen LogP contribution is -2.35. The van der Waals surface area contributed by atoms with Gasteiger partial charge in [0.1, 0.15) is 16.5 Å². The molecule has 0 bridgehead atoms. The Labute approximate surface area is 177 Å². The molecule has 2 N–H and O–H groups in total. The maximum Gasteiger partial charge on any atom is 0.286 e. The molecule has 1 aliphatic heterocycles. The Bertz CT molecular complexity index is 1020. The van der Waals surface area contributed by atoms with E-state index in [0.29, 0.717) is 30.9 Å². The minimum Gasteiger partial charge on any atom is -0.469 e. The molecule has 1 saturated carbocycles. The number of fused-ring (bicyclic) bond motifs is 1. The van der Waals surface area contributed by atoms with Gasteiger partial charge in [0.05, 0.1) is 12.0 Å². The van der Waals surface area contributed by atoms with Crippen LogP contribution >= 0.6 is 0 Å². The van der Waals surface area contributed by atoms with Crippen LogP contribution in [0.5, 0.6) is 0 Å². The van der Waals surface area contributed by atoms with Crippen LogP contribution in [-0.4, -0.2) is 26.7 Å². The summed E-state index contributed by atoms with van der Waals surface area (Å²) in [5.74, 6) is 1.36. The van der Waals surface area contributed by atoms with E-state index in [1.54, 1.807) is 30.5 Å². The molecule has 0 spiro atoms. The van der Waals surface area contributed by atoms with Crippen molar-refractivity contribution in [1.29, 1.82) is 0 Å². The largest absolute Gasteiger partial charge is 0.469 e. The van der Waals surface area contributed by atoms with Gasteiger partial charge >= 0.3 is 0 Å². The Morgan fingerprint density at radius 3 is 2.73 bits per heavy atom. The van der Waals surface area contributed by atoms with Crippen LogP contribution in [-0.2, 0) is 21.2 Å². The molecule has 0 unspecified atom stereocenters. The number of furan rings is 1.